The standard InChI is InChI=1S/C9H20OSi/c1-6-8-9(7-2)10-11(3,4)5/h8H,6-7H2,1-5H3. The average molecular weight is 172 g/mol. The minimum Gasteiger partial charge on any atom is -0.548 e. The summed E-state index contributed by atoms with van der Waals surface area (Å²) in [6.07, 6.45) is 4.28. The molecule has 0 bridgehead atoms. The van der Waals surface area contributed by atoms with E-state index in [4.69, 9.17) is 4.43 Å². The van der Waals surface area contributed by atoms with Crippen LogP contribution in [-0.4, -0.2) is 8.32 Å². The van der Waals surface area contributed by atoms with Gasteiger partial charge in [-0.1, -0.05) is 13.8 Å². The summed E-state index contributed by atoms with van der Waals surface area (Å²) < 4.78 is 5.83. The summed E-state index contributed by atoms with van der Waals surface area (Å²) in [5, 5.41) is 0. The topological polar surface area (TPSA) is 9.23 Å². The highest BCUT2D eigenvalue weighted by atomic mass is 28.4. The van der Waals surface area contributed by atoms with E-state index in [2.05, 4.69) is 39.6 Å². The van der Waals surface area contributed by atoms with Gasteiger partial charge in [-0.2, -0.15) is 0 Å². The Morgan fingerprint density at radius 1 is 1.27 bits per heavy atom. The maximum absolute atomic E-state index is 5.83. The molecule has 0 aliphatic heterocycles. The van der Waals surface area contributed by atoms with Gasteiger partial charge in [-0.15, -0.1) is 0 Å². The Morgan fingerprint density at radius 2 is 1.82 bits per heavy atom. The van der Waals surface area contributed by atoms with E-state index in [1.54, 1.807) is 0 Å². The largest absolute Gasteiger partial charge is 0.548 e. The maximum atomic E-state index is 5.83. The van der Waals surface area contributed by atoms with E-state index in [0.717, 1.165) is 12.8 Å². The van der Waals surface area contributed by atoms with Gasteiger partial charge in [-0.05, 0) is 32.1 Å². The second kappa shape index (κ2) is 4.60. The Kier molecular flexibility index (Phi) is 4.50. The van der Waals surface area contributed by atoms with Crippen LogP contribution in [0.4, 0.5) is 0 Å². The molecule has 0 atom stereocenters. The van der Waals surface area contributed by atoms with E-state index in [1.807, 2.05) is 0 Å². The smallest absolute Gasteiger partial charge is 0.241 e. The lowest BCUT2D eigenvalue weighted by Crippen LogP contribution is -2.24. The third-order valence-electron chi connectivity index (χ3n) is 1.22. The molecule has 0 rings (SSSR count). The number of hydrogen-bond donors (Lipinski definition) is 0. The van der Waals surface area contributed by atoms with E-state index in [-0.39, 0.29) is 0 Å². The summed E-state index contributed by atoms with van der Waals surface area (Å²) in [5.74, 6) is 1.17. The van der Waals surface area contributed by atoms with Gasteiger partial charge in [0.05, 0.1) is 5.76 Å². The first-order valence-electron chi connectivity index (χ1n) is 4.37. The van der Waals surface area contributed by atoms with E-state index >= 15 is 0 Å². The number of hydrogen-bond acceptors (Lipinski definition) is 1. The first kappa shape index (κ1) is 10.8. The lowest BCUT2D eigenvalue weighted by Gasteiger charge is -2.20. The predicted molar refractivity (Wildman–Crippen MR) is 53.1 cm³/mol. The molecule has 1 nitrogen and oxygen atoms in total. The van der Waals surface area contributed by atoms with Crippen molar-refractivity contribution >= 4 is 8.32 Å². The Bertz CT molecular complexity index is 133. The molecule has 0 aromatic rings. The molecule has 0 fully saturated rings. The molecular formula is C9H20OSi. The van der Waals surface area contributed by atoms with Crippen LogP contribution in [0, 0.1) is 0 Å². The zero-order valence-corrected chi connectivity index (χ0v) is 9.40. The van der Waals surface area contributed by atoms with Crippen LogP contribution in [0.1, 0.15) is 26.7 Å². The molecule has 0 amide bonds. The molecule has 0 saturated carbocycles. The van der Waals surface area contributed by atoms with Crippen LogP contribution in [0.15, 0.2) is 11.8 Å². The normalized spacial score (nSPS) is 13.4. The molecule has 0 heterocycles. The molecule has 0 saturated heterocycles. The molecule has 0 unspecified atom stereocenters. The molecule has 0 radical (unpaired) electrons. The highest BCUT2D eigenvalue weighted by Gasteiger charge is 2.16. The minimum absolute atomic E-state index is 1.03. The van der Waals surface area contributed by atoms with Crippen molar-refractivity contribution in [1.29, 1.82) is 0 Å². The molecule has 2 heteroatoms. The summed E-state index contributed by atoms with van der Waals surface area (Å²) in [6, 6.07) is 0. The van der Waals surface area contributed by atoms with Crippen molar-refractivity contribution in [3.63, 3.8) is 0 Å². The van der Waals surface area contributed by atoms with Crippen LogP contribution in [0.25, 0.3) is 0 Å². The average Bonchev–Trinajstić information content (AvgIpc) is 1.84. The fourth-order valence-corrected chi connectivity index (χ4v) is 1.89. The third kappa shape index (κ3) is 6.17. The monoisotopic (exact) mass is 172 g/mol. The molecule has 0 aromatic heterocycles. The van der Waals surface area contributed by atoms with Crippen molar-refractivity contribution in [2.75, 3.05) is 0 Å². The lowest BCUT2D eigenvalue weighted by molar-refractivity contribution is 0.403. The molecule has 11 heavy (non-hydrogen) atoms. The summed E-state index contributed by atoms with van der Waals surface area (Å²) in [5.41, 5.74) is 0. The van der Waals surface area contributed by atoms with E-state index < -0.39 is 8.32 Å². The van der Waals surface area contributed by atoms with Crippen molar-refractivity contribution in [1.82, 2.24) is 0 Å². The molecule has 0 N–H and O–H groups in total. The molecule has 0 spiro atoms. The summed E-state index contributed by atoms with van der Waals surface area (Å²) >= 11 is 0. The van der Waals surface area contributed by atoms with Gasteiger partial charge in [-0.25, -0.2) is 0 Å². The molecule has 0 aliphatic carbocycles. The Hall–Kier alpha value is -0.243. The van der Waals surface area contributed by atoms with Crippen LogP contribution < -0.4 is 0 Å². The molecule has 0 aromatic carbocycles. The van der Waals surface area contributed by atoms with Crippen molar-refractivity contribution in [2.45, 2.75) is 46.3 Å². The molecule has 0 aliphatic rings. The van der Waals surface area contributed by atoms with Crippen molar-refractivity contribution < 1.29 is 4.43 Å². The zero-order chi connectivity index (χ0) is 8.91. The van der Waals surface area contributed by atoms with Crippen molar-refractivity contribution in [3.8, 4) is 0 Å². The van der Waals surface area contributed by atoms with Crippen LogP contribution >= 0.6 is 0 Å². The quantitative estimate of drug-likeness (QED) is 0.465. The lowest BCUT2D eigenvalue weighted by atomic mass is 10.3. The summed E-state index contributed by atoms with van der Waals surface area (Å²) in [4.78, 5) is 0. The van der Waals surface area contributed by atoms with Gasteiger partial charge in [0.25, 0.3) is 0 Å². The van der Waals surface area contributed by atoms with Crippen molar-refractivity contribution in [2.24, 2.45) is 0 Å². The maximum Gasteiger partial charge on any atom is 0.241 e. The fourth-order valence-electron chi connectivity index (χ4n) is 0.879. The summed E-state index contributed by atoms with van der Waals surface area (Å²) in [6.45, 7) is 10.9. The van der Waals surface area contributed by atoms with Gasteiger partial charge in [0.2, 0.25) is 8.32 Å². The van der Waals surface area contributed by atoms with Crippen LogP contribution in [-0.2, 0) is 4.43 Å². The van der Waals surface area contributed by atoms with Gasteiger partial charge >= 0.3 is 0 Å². The van der Waals surface area contributed by atoms with Gasteiger partial charge in [0.1, 0.15) is 0 Å². The van der Waals surface area contributed by atoms with E-state index in [9.17, 15) is 0 Å². The number of allylic oxidation sites excluding steroid dienone is 2. The highest BCUT2D eigenvalue weighted by Crippen LogP contribution is 2.13. The first-order valence-corrected chi connectivity index (χ1v) is 7.78. The zero-order valence-electron chi connectivity index (χ0n) is 8.40. The van der Waals surface area contributed by atoms with Crippen molar-refractivity contribution in [3.05, 3.63) is 11.8 Å². The highest BCUT2D eigenvalue weighted by molar-refractivity contribution is 6.70. The Labute approximate surface area is 71.6 Å². The van der Waals surface area contributed by atoms with Gasteiger partial charge < -0.3 is 4.43 Å². The van der Waals surface area contributed by atoms with E-state index in [0.29, 0.717) is 0 Å². The Morgan fingerprint density at radius 3 is 2.09 bits per heavy atom. The minimum atomic E-state index is -1.35. The van der Waals surface area contributed by atoms with Gasteiger partial charge in [0, 0.05) is 6.42 Å². The SMILES string of the molecule is CCC=C(CC)O[Si](C)(C)C. The fraction of sp³-hybridized carbons (Fsp3) is 0.778. The number of rotatable bonds is 4. The van der Waals surface area contributed by atoms with Crippen LogP contribution in [0.5, 0.6) is 0 Å². The molecular weight excluding hydrogens is 152 g/mol. The third-order valence-corrected chi connectivity index (χ3v) is 2.09. The Balaban J connectivity index is 3.99. The van der Waals surface area contributed by atoms with Gasteiger partial charge in [-0.3, -0.25) is 0 Å². The van der Waals surface area contributed by atoms with E-state index in [1.165, 1.54) is 5.76 Å². The summed E-state index contributed by atoms with van der Waals surface area (Å²) in [7, 11) is -1.35. The van der Waals surface area contributed by atoms with Gasteiger partial charge in [0.15, 0.2) is 0 Å². The van der Waals surface area contributed by atoms with Crippen LogP contribution in [0.3, 0.4) is 0 Å². The molecule has 66 valence electrons. The second-order valence-electron chi connectivity index (χ2n) is 3.65. The van der Waals surface area contributed by atoms with Crippen LogP contribution in [0.2, 0.25) is 19.6 Å². The predicted octanol–water partition coefficient (Wildman–Crippen LogP) is 3.54. The first-order chi connectivity index (χ1) is 4.99. The second-order valence-corrected chi connectivity index (χ2v) is 8.08.